The highest BCUT2D eigenvalue weighted by molar-refractivity contribution is 5.38. The van der Waals surface area contributed by atoms with Crippen molar-refractivity contribution in [1.82, 2.24) is 0 Å². The van der Waals surface area contributed by atoms with Crippen molar-refractivity contribution in [3.63, 3.8) is 0 Å². The normalized spacial score (nSPS) is 19.4. The summed E-state index contributed by atoms with van der Waals surface area (Å²) in [5.74, 6) is 1.12. The van der Waals surface area contributed by atoms with Crippen LogP contribution in [-0.2, 0) is 0 Å². The van der Waals surface area contributed by atoms with Crippen molar-refractivity contribution in [3.05, 3.63) is 34.9 Å². The average Bonchev–Trinajstić information content (AvgIpc) is 2.95. The molecule has 0 amide bonds. The van der Waals surface area contributed by atoms with Gasteiger partial charge in [-0.1, -0.05) is 65.7 Å². The minimum Gasteiger partial charge on any atom is -0.323 e. The Bertz CT molecular complexity index is 467. The highest BCUT2D eigenvalue weighted by Gasteiger charge is 2.39. The Hall–Kier alpha value is -0.820. The Labute approximate surface area is 131 Å². The third-order valence-corrected chi connectivity index (χ3v) is 5.70. The van der Waals surface area contributed by atoms with Crippen molar-refractivity contribution in [3.8, 4) is 0 Å². The number of rotatable bonds is 5. The lowest BCUT2D eigenvalue weighted by atomic mass is 9.72. The zero-order valence-electron chi connectivity index (χ0n) is 14.6. The first kappa shape index (κ1) is 16.5. The molecular weight excluding hydrogens is 254 g/mol. The smallest absolute Gasteiger partial charge is 0.0354 e. The van der Waals surface area contributed by atoms with E-state index in [0.29, 0.717) is 17.3 Å². The quantitative estimate of drug-likeness (QED) is 0.716. The van der Waals surface area contributed by atoms with E-state index in [1.54, 1.807) is 0 Å². The van der Waals surface area contributed by atoms with Crippen LogP contribution in [0.3, 0.4) is 0 Å². The second kappa shape index (κ2) is 6.52. The fraction of sp³-hybridized carbons (Fsp3) is 0.700. The van der Waals surface area contributed by atoms with Gasteiger partial charge in [0.2, 0.25) is 0 Å². The first-order chi connectivity index (χ1) is 9.91. The van der Waals surface area contributed by atoms with E-state index in [0.717, 1.165) is 0 Å². The molecule has 21 heavy (non-hydrogen) atoms. The molecule has 0 aromatic heterocycles. The second-order valence-corrected chi connectivity index (χ2v) is 7.60. The summed E-state index contributed by atoms with van der Waals surface area (Å²) >= 11 is 0. The van der Waals surface area contributed by atoms with Crippen molar-refractivity contribution in [2.24, 2.45) is 11.1 Å². The molecule has 0 heterocycles. The predicted octanol–water partition coefficient (Wildman–Crippen LogP) is 5.90. The van der Waals surface area contributed by atoms with Gasteiger partial charge in [0.25, 0.3) is 0 Å². The zero-order valence-corrected chi connectivity index (χ0v) is 14.6. The van der Waals surface area contributed by atoms with Gasteiger partial charge in [0, 0.05) is 6.04 Å². The molecule has 1 aliphatic carbocycles. The number of hydrogen-bond acceptors (Lipinski definition) is 1. The van der Waals surface area contributed by atoms with Crippen LogP contribution in [-0.4, -0.2) is 0 Å². The van der Waals surface area contributed by atoms with Gasteiger partial charge >= 0.3 is 0 Å². The molecule has 1 atom stereocenters. The third kappa shape index (κ3) is 3.18. The number of nitrogens with two attached hydrogens (primary N) is 1. The summed E-state index contributed by atoms with van der Waals surface area (Å²) in [6.07, 6.45) is 6.51. The summed E-state index contributed by atoms with van der Waals surface area (Å²) in [7, 11) is 0. The Morgan fingerprint density at radius 3 is 2.10 bits per heavy atom. The van der Waals surface area contributed by atoms with Crippen molar-refractivity contribution < 1.29 is 0 Å². The third-order valence-electron chi connectivity index (χ3n) is 5.70. The summed E-state index contributed by atoms with van der Waals surface area (Å²) in [5.41, 5.74) is 11.5. The summed E-state index contributed by atoms with van der Waals surface area (Å²) in [4.78, 5) is 0. The molecule has 0 spiro atoms. The average molecular weight is 287 g/mol. The Morgan fingerprint density at radius 1 is 1.00 bits per heavy atom. The van der Waals surface area contributed by atoms with Gasteiger partial charge in [0.1, 0.15) is 0 Å². The van der Waals surface area contributed by atoms with Gasteiger partial charge in [-0.25, -0.2) is 0 Å². The Balaban J connectivity index is 2.42. The maximum atomic E-state index is 6.81. The lowest BCUT2D eigenvalue weighted by molar-refractivity contribution is 0.221. The summed E-state index contributed by atoms with van der Waals surface area (Å²) in [5, 5.41) is 0. The molecule has 0 saturated heterocycles. The van der Waals surface area contributed by atoms with Crippen molar-refractivity contribution in [2.75, 3.05) is 0 Å². The van der Waals surface area contributed by atoms with E-state index in [1.165, 1.54) is 48.8 Å². The maximum Gasteiger partial charge on any atom is 0.0354 e. The van der Waals surface area contributed by atoms with Crippen molar-refractivity contribution in [1.29, 1.82) is 0 Å². The molecule has 1 aromatic rings. The number of benzene rings is 1. The van der Waals surface area contributed by atoms with Crippen LogP contribution in [0.1, 0.15) is 101 Å². The Kier molecular flexibility index (Phi) is 5.14. The molecular formula is C20H33N. The SMILES string of the molecule is CCC1(C(N)c2ccc(C(C)C)cc2C(C)C)CCCC1. The van der Waals surface area contributed by atoms with Crippen molar-refractivity contribution in [2.45, 2.75) is 84.6 Å². The van der Waals surface area contributed by atoms with Gasteiger partial charge in [-0.3, -0.25) is 0 Å². The molecule has 0 radical (unpaired) electrons. The molecule has 1 saturated carbocycles. The van der Waals surface area contributed by atoms with E-state index in [-0.39, 0.29) is 6.04 Å². The topological polar surface area (TPSA) is 26.0 Å². The summed E-state index contributed by atoms with van der Waals surface area (Å²) < 4.78 is 0. The molecule has 1 fully saturated rings. The molecule has 1 aliphatic rings. The minimum absolute atomic E-state index is 0.198. The zero-order chi connectivity index (χ0) is 15.6. The molecule has 0 aliphatic heterocycles. The minimum atomic E-state index is 0.198. The Morgan fingerprint density at radius 2 is 1.62 bits per heavy atom. The van der Waals surface area contributed by atoms with Crippen LogP contribution in [0.5, 0.6) is 0 Å². The molecule has 2 rings (SSSR count). The molecule has 2 N–H and O–H groups in total. The monoisotopic (exact) mass is 287 g/mol. The molecule has 118 valence electrons. The molecule has 1 heteroatoms. The molecule has 1 nitrogen and oxygen atoms in total. The highest BCUT2D eigenvalue weighted by Crippen LogP contribution is 2.50. The highest BCUT2D eigenvalue weighted by atomic mass is 14.7. The van der Waals surface area contributed by atoms with Gasteiger partial charge in [0.05, 0.1) is 0 Å². The van der Waals surface area contributed by atoms with Gasteiger partial charge in [-0.15, -0.1) is 0 Å². The fourth-order valence-electron chi connectivity index (χ4n) is 4.03. The van der Waals surface area contributed by atoms with E-state index in [2.05, 4.69) is 52.8 Å². The van der Waals surface area contributed by atoms with Gasteiger partial charge in [0.15, 0.2) is 0 Å². The maximum absolute atomic E-state index is 6.81. The van der Waals surface area contributed by atoms with Crippen LogP contribution in [0.2, 0.25) is 0 Å². The van der Waals surface area contributed by atoms with E-state index in [1.807, 2.05) is 0 Å². The van der Waals surface area contributed by atoms with Crippen LogP contribution < -0.4 is 5.73 Å². The lowest BCUT2D eigenvalue weighted by Gasteiger charge is -2.36. The standard InChI is InChI=1S/C20H33N/c1-6-20(11-7-8-12-20)19(21)17-10-9-16(14(2)3)13-18(17)15(4)5/h9-10,13-15,19H,6-8,11-12,21H2,1-5H3. The van der Waals surface area contributed by atoms with E-state index >= 15 is 0 Å². The van der Waals surface area contributed by atoms with Gasteiger partial charge in [-0.2, -0.15) is 0 Å². The van der Waals surface area contributed by atoms with Crippen LogP contribution >= 0.6 is 0 Å². The first-order valence-corrected chi connectivity index (χ1v) is 8.80. The summed E-state index contributed by atoms with van der Waals surface area (Å²) in [6, 6.07) is 7.22. The van der Waals surface area contributed by atoms with E-state index in [9.17, 15) is 0 Å². The molecule has 1 aromatic carbocycles. The van der Waals surface area contributed by atoms with E-state index in [4.69, 9.17) is 5.73 Å². The largest absolute Gasteiger partial charge is 0.323 e. The van der Waals surface area contributed by atoms with Crippen LogP contribution in [0.15, 0.2) is 18.2 Å². The summed E-state index contributed by atoms with van der Waals surface area (Å²) in [6.45, 7) is 11.4. The van der Waals surface area contributed by atoms with E-state index < -0.39 is 0 Å². The van der Waals surface area contributed by atoms with Gasteiger partial charge < -0.3 is 5.73 Å². The van der Waals surface area contributed by atoms with Gasteiger partial charge in [-0.05, 0) is 53.2 Å². The van der Waals surface area contributed by atoms with Crippen LogP contribution in [0, 0.1) is 5.41 Å². The van der Waals surface area contributed by atoms with Crippen LogP contribution in [0.25, 0.3) is 0 Å². The fourth-order valence-corrected chi connectivity index (χ4v) is 4.03. The predicted molar refractivity (Wildman–Crippen MR) is 92.7 cm³/mol. The number of hydrogen-bond donors (Lipinski definition) is 1. The van der Waals surface area contributed by atoms with Crippen molar-refractivity contribution >= 4 is 0 Å². The molecule has 0 bridgehead atoms. The first-order valence-electron chi connectivity index (χ1n) is 8.80. The lowest BCUT2D eigenvalue weighted by Crippen LogP contribution is -2.32. The molecule has 1 unspecified atom stereocenters. The van der Waals surface area contributed by atoms with Crippen LogP contribution in [0.4, 0.5) is 0 Å². The second-order valence-electron chi connectivity index (χ2n) is 7.60.